The summed E-state index contributed by atoms with van der Waals surface area (Å²) >= 11 is 0. The molecule has 1 aromatic carbocycles. The van der Waals surface area contributed by atoms with Crippen LogP contribution in [0.3, 0.4) is 0 Å². The number of hydrogen-bond acceptors (Lipinski definition) is 3. The summed E-state index contributed by atoms with van der Waals surface area (Å²) in [6.45, 7) is 1.14. The number of halogens is 2. The molecule has 0 aliphatic heterocycles. The molecule has 21 heavy (non-hydrogen) atoms. The Hall–Kier alpha value is -1.53. The molecule has 0 atom stereocenters. The number of unbranched alkanes of at least 4 members (excludes halogenated alkanes) is 1. The maximum absolute atomic E-state index is 13.1. The van der Waals surface area contributed by atoms with Gasteiger partial charge in [0.15, 0.2) is 11.6 Å². The van der Waals surface area contributed by atoms with Crippen molar-refractivity contribution in [3.8, 4) is 0 Å². The van der Waals surface area contributed by atoms with Gasteiger partial charge in [-0.3, -0.25) is 9.69 Å². The summed E-state index contributed by atoms with van der Waals surface area (Å²) in [5.74, 6) is -2.15. The van der Waals surface area contributed by atoms with Crippen LogP contribution >= 0.6 is 0 Å². The van der Waals surface area contributed by atoms with Gasteiger partial charge < -0.3 is 10.4 Å². The molecule has 0 unspecified atom stereocenters. The number of benzene rings is 1. The van der Waals surface area contributed by atoms with Crippen LogP contribution in [-0.2, 0) is 4.79 Å². The highest BCUT2D eigenvalue weighted by molar-refractivity contribution is 5.92. The summed E-state index contributed by atoms with van der Waals surface area (Å²) in [6.07, 6.45) is 3.72. The Bertz CT molecular complexity index is 493. The van der Waals surface area contributed by atoms with E-state index >= 15 is 0 Å². The predicted octanol–water partition coefficient (Wildman–Crippen LogP) is 2.14. The average Bonchev–Trinajstić information content (AvgIpc) is 3.26. The zero-order chi connectivity index (χ0) is 15.2. The van der Waals surface area contributed by atoms with E-state index in [0.29, 0.717) is 12.5 Å². The largest absolute Gasteiger partial charge is 0.396 e. The van der Waals surface area contributed by atoms with Gasteiger partial charge in [-0.1, -0.05) is 0 Å². The Morgan fingerprint density at radius 1 is 1.29 bits per heavy atom. The zero-order valence-electron chi connectivity index (χ0n) is 11.8. The molecule has 0 heterocycles. The van der Waals surface area contributed by atoms with Gasteiger partial charge in [-0.15, -0.1) is 0 Å². The lowest BCUT2D eigenvalue weighted by Gasteiger charge is -2.21. The standard InChI is InChI=1S/C15H20F2N2O2/c16-13-6-3-11(9-14(13)17)18-15(21)10-19(12-4-5-12)7-1-2-8-20/h3,6,9,12,20H,1-2,4-5,7-8,10H2,(H,18,21). The van der Waals surface area contributed by atoms with Gasteiger partial charge >= 0.3 is 0 Å². The molecular weight excluding hydrogens is 278 g/mol. The number of nitrogens with zero attached hydrogens (tertiary/aromatic N) is 1. The molecule has 6 heteroatoms. The lowest BCUT2D eigenvalue weighted by Crippen LogP contribution is -2.35. The van der Waals surface area contributed by atoms with Gasteiger partial charge in [-0.05, 0) is 44.4 Å². The van der Waals surface area contributed by atoms with Gasteiger partial charge in [0.05, 0.1) is 6.54 Å². The van der Waals surface area contributed by atoms with Crippen LogP contribution in [0, 0.1) is 11.6 Å². The number of carbonyl (C=O) groups is 1. The second kappa shape index (κ2) is 7.47. The van der Waals surface area contributed by atoms with Crippen molar-refractivity contribution in [1.82, 2.24) is 4.90 Å². The van der Waals surface area contributed by atoms with E-state index in [-0.39, 0.29) is 24.7 Å². The lowest BCUT2D eigenvalue weighted by molar-refractivity contribution is -0.117. The van der Waals surface area contributed by atoms with E-state index in [1.165, 1.54) is 6.07 Å². The van der Waals surface area contributed by atoms with Crippen LogP contribution in [0.1, 0.15) is 25.7 Å². The fourth-order valence-corrected chi connectivity index (χ4v) is 2.22. The number of aliphatic hydroxyl groups is 1. The van der Waals surface area contributed by atoms with Crippen LogP contribution in [-0.4, -0.2) is 41.7 Å². The van der Waals surface area contributed by atoms with Gasteiger partial charge in [0, 0.05) is 24.4 Å². The summed E-state index contributed by atoms with van der Waals surface area (Å²) in [5.41, 5.74) is 0.255. The van der Waals surface area contributed by atoms with Crippen molar-refractivity contribution < 1.29 is 18.7 Å². The maximum atomic E-state index is 13.1. The molecule has 4 nitrogen and oxygen atoms in total. The number of hydrogen-bond donors (Lipinski definition) is 2. The smallest absolute Gasteiger partial charge is 0.238 e. The van der Waals surface area contributed by atoms with E-state index in [1.807, 2.05) is 0 Å². The van der Waals surface area contributed by atoms with Crippen LogP contribution in [0.5, 0.6) is 0 Å². The van der Waals surface area contributed by atoms with Crippen molar-refractivity contribution in [1.29, 1.82) is 0 Å². The first-order valence-corrected chi connectivity index (χ1v) is 7.20. The Balaban J connectivity index is 1.85. The molecule has 2 N–H and O–H groups in total. The fourth-order valence-electron chi connectivity index (χ4n) is 2.22. The molecule has 0 bridgehead atoms. The molecule has 0 aromatic heterocycles. The fraction of sp³-hybridized carbons (Fsp3) is 0.533. The SMILES string of the molecule is O=C(CN(CCCCO)C1CC1)Nc1ccc(F)c(F)c1. The maximum Gasteiger partial charge on any atom is 0.238 e. The molecule has 1 saturated carbocycles. The predicted molar refractivity (Wildman–Crippen MR) is 75.9 cm³/mol. The minimum absolute atomic E-state index is 0.152. The van der Waals surface area contributed by atoms with Gasteiger partial charge in [-0.2, -0.15) is 0 Å². The highest BCUT2D eigenvalue weighted by Crippen LogP contribution is 2.27. The molecule has 2 rings (SSSR count). The lowest BCUT2D eigenvalue weighted by atomic mass is 10.2. The van der Waals surface area contributed by atoms with E-state index in [0.717, 1.165) is 37.9 Å². The number of amides is 1. The van der Waals surface area contributed by atoms with Crippen LogP contribution in [0.2, 0.25) is 0 Å². The van der Waals surface area contributed by atoms with Crippen molar-refractivity contribution >= 4 is 11.6 Å². The number of rotatable bonds is 8. The van der Waals surface area contributed by atoms with E-state index in [4.69, 9.17) is 5.11 Å². The van der Waals surface area contributed by atoms with Crippen LogP contribution < -0.4 is 5.32 Å². The second-order valence-electron chi connectivity index (χ2n) is 5.31. The first kappa shape index (κ1) is 15.9. The van der Waals surface area contributed by atoms with E-state index < -0.39 is 11.6 Å². The minimum atomic E-state index is -0.977. The summed E-state index contributed by atoms with van der Waals surface area (Å²) in [5, 5.41) is 11.4. The molecule has 1 aliphatic rings. The van der Waals surface area contributed by atoms with Crippen molar-refractivity contribution in [3.63, 3.8) is 0 Å². The van der Waals surface area contributed by atoms with Gasteiger partial charge in [0.2, 0.25) is 5.91 Å². The number of anilines is 1. The molecule has 1 amide bonds. The number of aliphatic hydroxyl groups excluding tert-OH is 1. The van der Waals surface area contributed by atoms with Crippen LogP contribution in [0.15, 0.2) is 18.2 Å². The Labute approximate surface area is 122 Å². The summed E-state index contributed by atoms with van der Waals surface area (Å²) in [6, 6.07) is 3.73. The number of nitrogens with one attached hydrogen (secondary N) is 1. The summed E-state index contributed by atoms with van der Waals surface area (Å²) < 4.78 is 25.9. The first-order valence-electron chi connectivity index (χ1n) is 7.20. The third kappa shape index (κ3) is 5.06. The Kier molecular flexibility index (Phi) is 5.64. The Morgan fingerprint density at radius 3 is 2.67 bits per heavy atom. The summed E-state index contributed by atoms with van der Waals surface area (Å²) in [7, 11) is 0. The monoisotopic (exact) mass is 298 g/mol. The Morgan fingerprint density at radius 2 is 2.05 bits per heavy atom. The van der Waals surface area contributed by atoms with Crippen LogP contribution in [0.25, 0.3) is 0 Å². The molecule has 0 radical (unpaired) electrons. The third-order valence-corrected chi connectivity index (χ3v) is 3.47. The van der Waals surface area contributed by atoms with Crippen molar-refractivity contribution in [3.05, 3.63) is 29.8 Å². The molecule has 0 saturated heterocycles. The first-order chi connectivity index (χ1) is 10.1. The molecular formula is C15H20F2N2O2. The van der Waals surface area contributed by atoms with E-state index in [1.54, 1.807) is 0 Å². The minimum Gasteiger partial charge on any atom is -0.396 e. The highest BCUT2D eigenvalue weighted by atomic mass is 19.2. The molecule has 1 aliphatic carbocycles. The van der Waals surface area contributed by atoms with E-state index in [2.05, 4.69) is 10.2 Å². The zero-order valence-corrected chi connectivity index (χ0v) is 11.8. The normalized spacial score (nSPS) is 14.5. The van der Waals surface area contributed by atoms with Crippen molar-refractivity contribution in [2.45, 2.75) is 31.7 Å². The molecule has 1 aromatic rings. The molecule has 1 fully saturated rings. The van der Waals surface area contributed by atoms with Crippen molar-refractivity contribution in [2.24, 2.45) is 0 Å². The summed E-state index contributed by atoms with van der Waals surface area (Å²) in [4.78, 5) is 14.0. The van der Waals surface area contributed by atoms with Gasteiger partial charge in [-0.25, -0.2) is 8.78 Å². The third-order valence-electron chi connectivity index (χ3n) is 3.47. The molecule has 0 spiro atoms. The van der Waals surface area contributed by atoms with Crippen molar-refractivity contribution in [2.75, 3.05) is 25.0 Å². The average molecular weight is 298 g/mol. The molecule has 116 valence electrons. The highest BCUT2D eigenvalue weighted by Gasteiger charge is 2.29. The van der Waals surface area contributed by atoms with Gasteiger partial charge in [0.1, 0.15) is 0 Å². The second-order valence-corrected chi connectivity index (χ2v) is 5.31. The quantitative estimate of drug-likeness (QED) is 0.723. The van der Waals surface area contributed by atoms with E-state index in [9.17, 15) is 13.6 Å². The van der Waals surface area contributed by atoms with Crippen LogP contribution in [0.4, 0.5) is 14.5 Å². The number of carbonyl (C=O) groups excluding carboxylic acids is 1. The van der Waals surface area contributed by atoms with Gasteiger partial charge in [0.25, 0.3) is 0 Å². The topological polar surface area (TPSA) is 52.6 Å².